The average Bonchev–Trinajstić information content (AvgIpc) is 2.79. The van der Waals surface area contributed by atoms with Crippen LogP contribution in [0.25, 0.3) is 22.1 Å². The lowest BCUT2D eigenvalue weighted by Gasteiger charge is -2.11. The van der Waals surface area contributed by atoms with Crippen LogP contribution < -0.4 is 20.4 Å². The standard InChI is InChI=1S/C24H19NO6/c1-29-20-10-9-15(13-21(20)30-2)14-5-3-7-17(11-14)25-23(27)18-12-16-6-4-8-19(26)22(16)31-24(18)28/h3-13,26H,1-2H3,(H,25,27). The van der Waals surface area contributed by atoms with Crippen LogP contribution in [0.15, 0.2) is 75.9 Å². The molecule has 0 aliphatic heterocycles. The average molecular weight is 417 g/mol. The zero-order valence-corrected chi connectivity index (χ0v) is 16.8. The molecule has 0 fully saturated rings. The van der Waals surface area contributed by atoms with E-state index in [1.807, 2.05) is 18.2 Å². The first-order chi connectivity index (χ1) is 15.0. The number of anilines is 1. The Balaban J connectivity index is 1.64. The number of nitrogens with one attached hydrogen (secondary N) is 1. The number of methoxy groups -OCH3 is 2. The molecule has 31 heavy (non-hydrogen) atoms. The summed E-state index contributed by atoms with van der Waals surface area (Å²) in [5.41, 5.74) is 1.27. The summed E-state index contributed by atoms with van der Waals surface area (Å²) in [5.74, 6) is 0.434. The molecule has 0 aliphatic carbocycles. The number of aromatic hydroxyl groups is 1. The molecular weight excluding hydrogens is 398 g/mol. The van der Waals surface area contributed by atoms with Crippen LogP contribution in [0.2, 0.25) is 0 Å². The van der Waals surface area contributed by atoms with Crippen molar-refractivity contribution in [3.8, 4) is 28.4 Å². The third kappa shape index (κ3) is 3.93. The Hall–Kier alpha value is -4.26. The van der Waals surface area contributed by atoms with E-state index >= 15 is 0 Å². The summed E-state index contributed by atoms with van der Waals surface area (Å²) in [7, 11) is 3.13. The molecule has 1 aromatic heterocycles. The number of carbonyl (C=O) groups is 1. The number of hydrogen-bond donors (Lipinski definition) is 2. The van der Waals surface area contributed by atoms with Gasteiger partial charge >= 0.3 is 5.63 Å². The van der Waals surface area contributed by atoms with E-state index in [4.69, 9.17) is 13.9 Å². The summed E-state index contributed by atoms with van der Waals surface area (Å²) < 4.78 is 15.7. The molecule has 4 aromatic rings. The van der Waals surface area contributed by atoms with E-state index in [0.717, 1.165) is 11.1 Å². The highest BCUT2D eigenvalue weighted by atomic mass is 16.5. The van der Waals surface area contributed by atoms with Crippen LogP contribution in [0.3, 0.4) is 0 Å². The molecule has 0 aliphatic rings. The van der Waals surface area contributed by atoms with Gasteiger partial charge in [0, 0.05) is 11.1 Å². The van der Waals surface area contributed by atoms with Crippen molar-refractivity contribution in [2.45, 2.75) is 0 Å². The first-order valence-electron chi connectivity index (χ1n) is 9.40. The summed E-state index contributed by atoms with van der Waals surface area (Å²) in [6.07, 6.45) is 0. The van der Waals surface area contributed by atoms with Gasteiger partial charge in [-0.2, -0.15) is 0 Å². The van der Waals surface area contributed by atoms with Crippen LogP contribution in [-0.2, 0) is 0 Å². The third-order valence-corrected chi connectivity index (χ3v) is 4.82. The summed E-state index contributed by atoms with van der Waals surface area (Å²) in [4.78, 5) is 25.0. The van der Waals surface area contributed by atoms with Crippen molar-refractivity contribution in [1.82, 2.24) is 0 Å². The first kappa shape index (κ1) is 20.0. The van der Waals surface area contributed by atoms with Crippen molar-refractivity contribution in [1.29, 1.82) is 0 Å². The summed E-state index contributed by atoms with van der Waals surface area (Å²) in [6, 6.07) is 18.8. The Morgan fingerprint density at radius 1 is 0.903 bits per heavy atom. The Morgan fingerprint density at radius 3 is 2.42 bits per heavy atom. The van der Waals surface area contributed by atoms with Gasteiger partial charge in [0.05, 0.1) is 14.2 Å². The highest BCUT2D eigenvalue weighted by Gasteiger charge is 2.16. The van der Waals surface area contributed by atoms with Crippen molar-refractivity contribution in [3.05, 3.63) is 82.7 Å². The summed E-state index contributed by atoms with van der Waals surface area (Å²) in [5, 5.41) is 13.0. The normalized spacial score (nSPS) is 10.6. The largest absolute Gasteiger partial charge is 0.504 e. The molecule has 0 saturated carbocycles. The molecule has 1 heterocycles. The molecule has 0 radical (unpaired) electrons. The van der Waals surface area contributed by atoms with Crippen LogP contribution in [0.5, 0.6) is 17.2 Å². The summed E-state index contributed by atoms with van der Waals surface area (Å²) >= 11 is 0. The Labute approximate surface area is 177 Å². The second kappa shape index (κ2) is 8.23. The zero-order chi connectivity index (χ0) is 22.0. The number of ether oxygens (including phenoxy) is 2. The quantitative estimate of drug-likeness (QED) is 0.466. The predicted octanol–water partition coefficient (Wildman–Crippen LogP) is 4.44. The molecule has 0 spiro atoms. The first-order valence-corrected chi connectivity index (χ1v) is 9.40. The lowest BCUT2D eigenvalue weighted by atomic mass is 10.0. The third-order valence-electron chi connectivity index (χ3n) is 4.82. The molecule has 0 bridgehead atoms. The topological polar surface area (TPSA) is 98.0 Å². The molecular formula is C24H19NO6. The van der Waals surface area contributed by atoms with Crippen molar-refractivity contribution in [2.24, 2.45) is 0 Å². The van der Waals surface area contributed by atoms with E-state index in [2.05, 4.69) is 5.32 Å². The number of phenols is 1. The Morgan fingerprint density at radius 2 is 1.65 bits per heavy atom. The fourth-order valence-electron chi connectivity index (χ4n) is 3.28. The van der Waals surface area contributed by atoms with Crippen LogP contribution in [0, 0.1) is 0 Å². The minimum absolute atomic E-state index is 0.0412. The second-order valence-electron chi connectivity index (χ2n) is 6.75. The molecule has 0 saturated heterocycles. The van der Waals surface area contributed by atoms with Crippen molar-refractivity contribution < 1.29 is 23.8 Å². The van der Waals surface area contributed by atoms with Crippen LogP contribution >= 0.6 is 0 Å². The molecule has 1 amide bonds. The minimum atomic E-state index is -0.831. The van der Waals surface area contributed by atoms with E-state index in [1.54, 1.807) is 50.6 Å². The minimum Gasteiger partial charge on any atom is -0.504 e. The van der Waals surface area contributed by atoms with Crippen LogP contribution in [0.1, 0.15) is 10.4 Å². The van der Waals surface area contributed by atoms with Gasteiger partial charge in [-0.1, -0.05) is 30.3 Å². The predicted molar refractivity (Wildman–Crippen MR) is 117 cm³/mol. The van der Waals surface area contributed by atoms with E-state index in [1.165, 1.54) is 12.1 Å². The number of rotatable bonds is 5. The van der Waals surface area contributed by atoms with E-state index in [9.17, 15) is 14.7 Å². The summed E-state index contributed by atoms with van der Waals surface area (Å²) in [6.45, 7) is 0. The highest BCUT2D eigenvalue weighted by Crippen LogP contribution is 2.33. The van der Waals surface area contributed by atoms with E-state index in [0.29, 0.717) is 22.6 Å². The smallest absolute Gasteiger partial charge is 0.349 e. The van der Waals surface area contributed by atoms with Gasteiger partial charge in [-0.15, -0.1) is 0 Å². The van der Waals surface area contributed by atoms with E-state index < -0.39 is 11.5 Å². The van der Waals surface area contributed by atoms with Crippen molar-refractivity contribution in [3.63, 3.8) is 0 Å². The number of hydrogen-bond acceptors (Lipinski definition) is 6. The number of fused-ring (bicyclic) bond motifs is 1. The van der Waals surface area contributed by atoms with Crippen molar-refractivity contribution in [2.75, 3.05) is 19.5 Å². The SMILES string of the molecule is COc1ccc(-c2cccc(NC(=O)c3cc4cccc(O)c4oc3=O)c2)cc1OC. The zero-order valence-electron chi connectivity index (χ0n) is 16.8. The molecule has 7 heteroatoms. The number of phenolic OH excluding ortho intramolecular Hbond substituents is 1. The van der Waals surface area contributed by atoms with Crippen LogP contribution in [-0.4, -0.2) is 25.2 Å². The van der Waals surface area contributed by atoms with Crippen molar-refractivity contribution >= 4 is 22.6 Å². The number of amides is 1. The van der Waals surface area contributed by atoms with Gasteiger partial charge in [0.1, 0.15) is 5.56 Å². The van der Waals surface area contributed by atoms with E-state index in [-0.39, 0.29) is 16.9 Å². The number of para-hydroxylation sites is 1. The molecule has 4 rings (SSSR count). The Bertz CT molecular complexity index is 1340. The van der Waals surface area contributed by atoms with Gasteiger partial charge in [-0.3, -0.25) is 4.79 Å². The number of carbonyl (C=O) groups excluding carboxylic acids is 1. The van der Waals surface area contributed by atoms with Gasteiger partial charge in [-0.25, -0.2) is 4.79 Å². The molecule has 7 nitrogen and oxygen atoms in total. The molecule has 2 N–H and O–H groups in total. The second-order valence-corrected chi connectivity index (χ2v) is 6.75. The van der Waals surface area contributed by atoms with Gasteiger partial charge < -0.3 is 24.3 Å². The molecule has 156 valence electrons. The van der Waals surface area contributed by atoms with Gasteiger partial charge in [0.2, 0.25) is 0 Å². The maximum Gasteiger partial charge on any atom is 0.349 e. The maximum atomic E-state index is 12.7. The molecule has 3 aromatic carbocycles. The van der Waals surface area contributed by atoms with Crippen LogP contribution in [0.4, 0.5) is 5.69 Å². The lowest BCUT2D eigenvalue weighted by molar-refractivity contribution is 0.102. The monoisotopic (exact) mass is 417 g/mol. The highest BCUT2D eigenvalue weighted by molar-refractivity contribution is 6.05. The van der Waals surface area contributed by atoms with Gasteiger partial charge in [0.15, 0.2) is 22.8 Å². The molecule has 0 atom stereocenters. The molecule has 0 unspecified atom stereocenters. The number of benzene rings is 3. The fourth-order valence-corrected chi connectivity index (χ4v) is 3.28. The maximum absolute atomic E-state index is 12.7. The lowest BCUT2D eigenvalue weighted by Crippen LogP contribution is -2.20. The Kier molecular flexibility index (Phi) is 5.32. The fraction of sp³-hybridized carbons (Fsp3) is 0.0833. The van der Waals surface area contributed by atoms with Gasteiger partial charge in [-0.05, 0) is 47.5 Å². The van der Waals surface area contributed by atoms with Gasteiger partial charge in [0.25, 0.3) is 5.91 Å².